The van der Waals surface area contributed by atoms with Gasteiger partial charge in [-0.1, -0.05) is 6.42 Å². The average Bonchev–Trinajstić information content (AvgIpc) is 2.02. The first-order valence-electron chi connectivity index (χ1n) is 4.82. The largest absolute Gasteiger partial charge is 0.396 e. The van der Waals surface area contributed by atoms with Crippen molar-refractivity contribution in [3.8, 4) is 0 Å². The summed E-state index contributed by atoms with van der Waals surface area (Å²) in [5.41, 5.74) is -1.17. The molecular formula is C9H15F2NO. The average molecular weight is 191 g/mol. The fraction of sp³-hybridized carbons (Fsp3) is 1.00. The van der Waals surface area contributed by atoms with Crippen LogP contribution in [0.15, 0.2) is 0 Å². The minimum absolute atomic E-state index is 0.257. The van der Waals surface area contributed by atoms with Crippen LogP contribution in [0, 0.1) is 11.3 Å². The summed E-state index contributed by atoms with van der Waals surface area (Å²) in [5.74, 6) is -3.24. The molecule has 0 aromatic rings. The van der Waals surface area contributed by atoms with Gasteiger partial charge in [0.25, 0.3) is 5.92 Å². The number of aliphatic hydroxyl groups is 1. The molecule has 2 rings (SSSR count). The van der Waals surface area contributed by atoms with Crippen LogP contribution in [-0.4, -0.2) is 30.7 Å². The third-order valence-corrected chi connectivity index (χ3v) is 3.58. The summed E-state index contributed by atoms with van der Waals surface area (Å²) in [6.07, 6.45) is 1.85. The van der Waals surface area contributed by atoms with E-state index in [-0.39, 0.29) is 6.54 Å². The van der Waals surface area contributed by atoms with Crippen LogP contribution < -0.4 is 5.32 Å². The fourth-order valence-corrected chi connectivity index (χ4v) is 2.63. The van der Waals surface area contributed by atoms with Gasteiger partial charge in [0, 0.05) is 19.0 Å². The molecule has 0 amide bonds. The van der Waals surface area contributed by atoms with Crippen LogP contribution in [-0.2, 0) is 0 Å². The van der Waals surface area contributed by atoms with E-state index in [9.17, 15) is 8.78 Å². The first kappa shape index (κ1) is 9.34. The first-order valence-corrected chi connectivity index (χ1v) is 4.82. The molecule has 1 aliphatic carbocycles. The molecule has 2 atom stereocenters. The monoisotopic (exact) mass is 191 g/mol. The van der Waals surface area contributed by atoms with Crippen LogP contribution in [0.25, 0.3) is 0 Å². The summed E-state index contributed by atoms with van der Waals surface area (Å²) in [5, 5.41) is 12.1. The zero-order valence-corrected chi connectivity index (χ0v) is 7.52. The van der Waals surface area contributed by atoms with Crippen molar-refractivity contribution in [1.29, 1.82) is 0 Å². The summed E-state index contributed by atoms with van der Waals surface area (Å²) in [4.78, 5) is 0. The molecule has 4 heteroatoms. The third kappa shape index (κ3) is 1.12. The number of nitrogens with one attached hydrogen (secondary N) is 1. The second kappa shape index (κ2) is 2.89. The Morgan fingerprint density at radius 1 is 1.46 bits per heavy atom. The summed E-state index contributed by atoms with van der Waals surface area (Å²) in [6, 6.07) is 0. The maximum absolute atomic E-state index is 13.8. The van der Waals surface area contributed by atoms with Crippen molar-refractivity contribution in [3.05, 3.63) is 0 Å². The van der Waals surface area contributed by atoms with Gasteiger partial charge in [-0.2, -0.15) is 0 Å². The molecule has 1 saturated heterocycles. The number of rotatable bonds is 1. The second-order valence-electron chi connectivity index (χ2n) is 4.28. The highest BCUT2D eigenvalue weighted by molar-refractivity contribution is 5.04. The van der Waals surface area contributed by atoms with Gasteiger partial charge in [-0.3, -0.25) is 0 Å². The predicted octanol–water partition coefficient (Wildman–Crippen LogP) is 1.00. The Morgan fingerprint density at radius 2 is 2.23 bits per heavy atom. The number of fused-ring (bicyclic) bond motifs is 2. The zero-order chi connectivity index (χ0) is 9.53. The van der Waals surface area contributed by atoms with Crippen molar-refractivity contribution < 1.29 is 13.9 Å². The maximum atomic E-state index is 13.8. The Morgan fingerprint density at radius 3 is 2.85 bits per heavy atom. The van der Waals surface area contributed by atoms with Crippen molar-refractivity contribution in [2.75, 3.05) is 19.7 Å². The van der Waals surface area contributed by atoms with Gasteiger partial charge >= 0.3 is 0 Å². The van der Waals surface area contributed by atoms with Gasteiger partial charge in [-0.25, -0.2) is 8.78 Å². The summed E-state index contributed by atoms with van der Waals surface area (Å²) < 4.78 is 27.5. The molecule has 76 valence electrons. The molecule has 0 radical (unpaired) electrons. The van der Waals surface area contributed by atoms with E-state index < -0.39 is 23.9 Å². The summed E-state index contributed by atoms with van der Waals surface area (Å²) >= 11 is 0. The lowest BCUT2D eigenvalue weighted by atomic mass is 9.64. The van der Waals surface area contributed by atoms with E-state index in [2.05, 4.69) is 5.32 Å². The minimum atomic E-state index is -2.68. The topological polar surface area (TPSA) is 32.3 Å². The second-order valence-corrected chi connectivity index (χ2v) is 4.28. The van der Waals surface area contributed by atoms with Crippen molar-refractivity contribution >= 4 is 0 Å². The summed E-state index contributed by atoms with van der Waals surface area (Å²) in [6.45, 7) is 0.255. The molecule has 2 fully saturated rings. The lowest BCUT2D eigenvalue weighted by Gasteiger charge is -2.50. The van der Waals surface area contributed by atoms with E-state index in [1.807, 2.05) is 0 Å². The number of alkyl halides is 2. The van der Waals surface area contributed by atoms with Crippen molar-refractivity contribution in [2.45, 2.75) is 25.2 Å². The molecule has 2 aliphatic rings. The number of hydrogen-bond donors (Lipinski definition) is 2. The molecule has 1 heterocycles. The quantitative estimate of drug-likeness (QED) is 0.648. The van der Waals surface area contributed by atoms with Crippen molar-refractivity contribution in [3.63, 3.8) is 0 Å². The smallest absolute Gasteiger partial charge is 0.261 e. The van der Waals surface area contributed by atoms with E-state index in [0.717, 1.165) is 6.42 Å². The van der Waals surface area contributed by atoms with Crippen LogP contribution in [0.2, 0.25) is 0 Å². The molecule has 2 nitrogen and oxygen atoms in total. The molecule has 1 saturated carbocycles. The molecule has 2 bridgehead atoms. The van der Waals surface area contributed by atoms with Crippen LogP contribution in [0.3, 0.4) is 0 Å². The van der Waals surface area contributed by atoms with Gasteiger partial charge < -0.3 is 10.4 Å². The predicted molar refractivity (Wildman–Crippen MR) is 44.7 cm³/mol. The molecule has 0 aromatic carbocycles. The normalized spacial score (nSPS) is 43.2. The number of hydrogen-bond acceptors (Lipinski definition) is 2. The zero-order valence-electron chi connectivity index (χ0n) is 7.52. The Kier molecular flexibility index (Phi) is 2.07. The number of piperidine rings is 1. The third-order valence-electron chi connectivity index (χ3n) is 3.58. The lowest BCUT2D eigenvalue weighted by Crippen LogP contribution is -2.63. The van der Waals surface area contributed by atoms with E-state index in [1.54, 1.807) is 0 Å². The van der Waals surface area contributed by atoms with Crippen LogP contribution in [0.5, 0.6) is 0 Å². The lowest BCUT2D eigenvalue weighted by molar-refractivity contribution is -0.215. The van der Waals surface area contributed by atoms with Gasteiger partial charge in [-0.15, -0.1) is 0 Å². The first-order chi connectivity index (χ1) is 6.12. The Labute approximate surface area is 76.3 Å². The van der Waals surface area contributed by atoms with Crippen molar-refractivity contribution in [2.24, 2.45) is 11.3 Å². The van der Waals surface area contributed by atoms with Gasteiger partial charge in [0.2, 0.25) is 0 Å². The van der Waals surface area contributed by atoms with Crippen LogP contribution in [0.1, 0.15) is 19.3 Å². The minimum Gasteiger partial charge on any atom is -0.396 e. The van der Waals surface area contributed by atoms with E-state index >= 15 is 0 Å². The Hall–Kier alpha value is -0.220. The molecule has 0 aromatic heterocycles. The Bertz CT molecular complexity index is 198. The highest BCUT2D eigenvalue weighted by atomic mass is 19.3. The molecule has 2 N–H and O–H groups in total. The van der Waals surface area contributed by atoms with E-state index in [0.29, 0.717) is 19.4 Å². The van der Waals surface area contributed by atoms with Gasteiger partial charge in [0.1, 0.15) is 0 Å². The van der Waals surface area contributed by atoms with E-state index in [1.165, 1.54) is 0 Å². The molecular weight excluding hydrogens is 176 g/mol. The maximum Gasteiger partial charge on any atom is 0.261 e. The van der Waals surface area contributed by atoms with Crippen molar-refractivity contribution in [1.82, 2.24) is 5.32 Å². The Balaban J connectivity index is 2.30. The SMILES string of the molecule is OCC12CCCC(CNC1)C2(F)F. The number of aliphatic hydroxyl groups excluding tert-OH is 1. The van der Waals surface area contributed by atoms with Crippen LogP contribution >= 0.6 is 0 Å². The molecule has 1 aliphatic heterocycles. The van der Waals surface area contributed by atoms with Gasteiger partial charge in [0.15, 0.2) is 0 Å². The molecule has 2 unspecified atom stereocenters. The fourth-order valence-electron chi connectivity index (χ4n) is 2.63. The van der Waals surface area contributed by atoms with Gasteiger partial charge in [-0.05, 0) is 12.8 Å². The highest BCUT2D eigenvalue weighted by Gasteiger charge is 2.61. The number of halogens is 2. The summed E-state index contributed by atoms with van der Waals surface area (Å²) in [7, 11) is 0. The molecule has 13 heavy (non-hydrogen) atoms. The van der Waals surface area contributed by atoms with Crippen LogP contribution in [0.4, 0.5) is 8.78 Å². The molecule has 0 spiro atoms. The van der Waals surface area contributed by atoms with Gasteiger partial charge in [0.05, 0.1) is 12.0 Å². The standard InChI is InChI=1S/C9H15F2NO/c10-9(11)7-2-1-3-8(9,6-13)5-12-4-7/h7,12-13H,1-6H2. The van der Waals surface area contributed by atoms with E-state index in [4.69, 9.17) is 5.11 Å². The highest BCUT2D eigenvalue weighted by Crippen LogP contribution is 2.52.